The van der Waals surface area contributed by atoms with E-state index in [0.29, 0.717) is 16.8 Å². The number of methoxy groups -OCH3 is 1. The molecule has 6 heteroatoms. The molecule has 2 fully saturated rings. The van der Waals surface area contributed by atoms with Crippen LogP contribution in [0.3, 0.4) is 0 Å². The van der Waals surface area contributed by atoms with Gasteiger partial charge in [-0.05, 0) is 63.1 Å². The Labute approximate surface area is 174 Å². The number of rotatable bonds is 4. The highest BCUT2D eigenvalue weighted by atomic mass is 35.5. The van der Waals surface area contributed by atoms with E-state index in [2.05, 4.69) is 22.2 Å². The first kappa shape index (κ1) is 20.7. The lowest BCUT2D eigenvalue weighted by Gasteiger charge is -2.41. The lowest BCUT2D eigenvalue weighted by atomic mass is 9.99. The Balaban J connectivity index is 1.49. The minimum absolute atomic E-state index is 0.592. The van der Waals surface area contributed by atoms with Crippen LogP contribution in [0.4, 0.5) is 5.69 Å². The van der Waals surface area contributed by atoms with Crippen LogP contribution in [-0.2, 0) is 0 Å². The molecule has 0 radical (unpaired) electrons. The van der Waals surface area contributed by atoms with Crippen LogP contribution >= 0.6 is 23.8 Å². The third-order valence-corrected chi connectivity index (χ3v) is 6.79. The van der Waals surface area contributed by atoms with Crippen molar-refractivity contribution >= 4 is 34.6 Å². The molecular weight excluding hydrogens is 378 g/mol. The normalized spacial score (nSPS) is 19.8. The maximum atomic E-state index is 6.21. The van der Waals surface area contributed by atoms with E-state index in [1.165, 1.54) is 51.4 Å². The summed E-state index contributed by atoms with van der Waals surface area (Å²) >= 11 is 11.8. The molecule has 0 bridgehead atoms. The van der Waals surface area contributed by atoms with Gasteiger partial charge in [-0.3, -0.25) is 0 Å². The van der Waals surface area contributed by atoms with Crippen LogP contribution in [0.25, 0.3) is 0 Å². The molecule has 0 amide bonds. The fourth-order valence-electron chi connectivity index (χ4n) is 4.39. The number of piperidine rings is 1. The van der Waals surface area contributed by atoms with E-state index in [1.807, 2.05) is 18.2 Å². The minimum Gasteiger partial charge on any atom is -0.495 e. The summed E-state index contributed by atoms with van der Waals surface area (Å²) < 4.78 is 5.21. The molecule has 1 aromatic carbocycles. The smallest absolute Gasteiger partial charge is 0.173 e. The van der Waals surface area contributed by atoms with Crippen molar-refractivity contribution in [3.63, 3.8) is 0 Å². The van der Waals surface area contributed by atoms with Gasteiger partial charge in [-0.2, -0.15) is 0 Å². The number of thiocarbonyl (C=S) groups is 1. The lowest BCUT2D eigenvalue weighted by Crippen LogP contribution is -2.49. The molecule has 1 aliphatic carbocycles. The van der Waals surface area contributed by atoms with Crippen LogP contribution in [0, 0.1) is 0 Å². The second kappa shape index (κ2) is 9.94. The maximum Gasteiger partial charge on any atom is 0.173 e. The fraction of sp³-hybridized carbons (Fsp3) is 0.667. The highest BCUT2D eigenvalue weighted by molar-refractivity contribution is 7.80. The number of halogens is 1. The lowest BCUT2D eigenvalue weighted by molar-refractivity contribution is 0.111. The van der Waals surface area contributed by atoms with Crippen LogP contribution in [0.2, 0.25) is 5.02 Å². The summed E-state index contributed by atoms with van der Waals surface area (Å²) in [6.07, 6.45) is 10.7. The van der Waals surface area contributed by atoms with Crippen molar-refractivity contribution in [3.05, 3.63) is 23.2 Å². The largest absolute Gasteiger partial charge is 0.495 e. The van der Waals surface area contributed by atoms with Crippen molar-refractivity contribution in [1.82, 2.24) is 9.80 Å². The summed E-state index contributed by atoms with van der Waals surface area (Å²) in [5, 5.41) is 4.70. The monoisotopic (exact) mass is 409 g/mol. The van der Waals surface area contributed by atoms with E-state index in [9.17, 15) is 0 Å². The van der Waals surface area contributed by atoms with E-state index >= 15 is 0 Å². The van der Waals surface area contributed by atoms with E-state index in [4.69, 9.17) is 28.6 Å². The topological polar surface area (TPSA) is 27.7 Å². The van der Waals surface area contributed by atoms with Gasteiger partial charge in [0.2, 0.25) is 0 Å². The number of hydrogen-bond acceptors (Lipinski definition) is 3. The number of anilines is 1. The third kappa shape index (κ3) is 5.49. The Hall–Kier alpha value is -1.04. The van der Waals surface area contributed by atoms with Gasteiger partial charge in [0.25, 0.3) is 0 Å². The van der Waals surface area contributed by atoms with E-state index in [1.54, 1.807) is 7.11 Å². The Bertz CT molecular complexity index is 626. The highest BCUT2D eigenvalue weighted by Crippen LogP contribution is 2.28. The number of nitrogens with one attached hydrogen (secondary N) is 1. The van der Waals surface area contributed by atoms with E-state index < -0.39 is 0 Å². The maximum absolute atomic E-state index is 6.21. The summed E-state index contributed by atoms with van der Waals surface area (Å²) in [4.78, 5) is 4.95. The Morgan fingerprint density at radius 2 is 1.74 bits per heavy atom. The average Bonchev–Trinajstić information content (AvgIpc) is 2.97. The molecule has 1 N–H and O–H groups in total. The number of nitrogens with zero attached hydrogens (tertiary/aromatic N) is 2. The quantitative estimate of drug-likeness (QED) is 0.547. The van der Waals surface area contributed by atoms with Gasteiger partial charge in [0, 0.05) is 30.9 Å². The molecule has 1 saturated heterocycles. The third-order valence-electron chi connectivity index (χ3n) is 6.13. The van der Waals surface area contributed by atoms with Crippen molar-refractivity contribution < 1.29 is 4.74 Å². The highest BCUT2D eigenvalue weighted by Gasteiger charge is 2.28. The van der Waals surface area contributed by atoms with Gasteiger partial charge in [0.15, 0.2) is 5.11 Å². The molecule has 0 aromatic heterocycles. The summed E-state index contributed by atoms with van der Waals surface area (Å²) in [6.45, 7) is 2.02. The first-order chi connectivity index (χ1) is 13.1. The van der Waals surface area contributed by atoms with E-state index in [-0.39, 0.29) is 0 Å². The number of benzene rings is 1. The molecule has 1 heterocycles. The molecule has 0 atom stereocenters. The molecule has 0 spiro atoms. The van der Waals surface area contributed by atoms with Crippen molar-refractivity contribution in [2.24, 2.45) is 0 Å². The molecule has 1 aromatic rings. The molecule has 2 aliphatic rings. The standard InChI is InChI=1S/C21H32ClN3OS/c1-24(17-7-5-3-4-6-8-17)18-11-13-25(14-12-18)21(27)23-16-9-10-20(26-2)19(22)15-16/h9-10,15,17-18H,3-8,11-14H2,1-2H3,(H,23,27). The summed E-state index contributed by atoms with van der Waals surface area (Å²) in [6, 6.07) is 7.13. The Morgan fingerprint density at radius 1 is 1.11 bits per heavy atom. The van der Waals surface area contributed by atoms with Gasteiger partial charge >= 0.3 is 0 Å². The second-order valence-electron chi connectivity index (χ2n) is 7.81. The van der Waals surface area contributed by atoms with Gasteiger partial charge in [0.1, 0.15) is 5.75 Å². The van der Waals surface area contributed by atoms with Crippen LogP contribution in [-0.4, -0.2) is 54.2 Å². The summed E-state index contributed by atoms with van der Waals surface area (Å²) in [7, 11) is 3.96. The van der Waals surface area contributed by atoms with Crippen LogP contribution in [0.15, 0.2) is 18.2 Å². The zero-order chi connectivity index (χ0) is 19.2. The van der Waals surface area contributed by atoms with Gasteiger partial charge in [-0.25, -0.2) is 0 Å². The van der Waals surface area contributed by atoms with Crippen molar-refractivity contribution in [2.45, 2.75) is 63.5 Å². The number of hydrogen-bond donors (Lipinski definition) is 1. The first-order valence-corrected chi connectivity index (χ1v) is 11.0. The van der Waals surface area contributed by atoms with Crippen molar-refractivity contribution in [2.75, 3.05) is 32.6 Å². The molecule has 4 nitrogen and oxygen atoms in total. The van der Waals surface area contributed by atoms with Crippen LogP contribution < -0.4 is 10.1 Å². The van der Waals surface area contributed by atoms with Crippen LogP contribution in [0.5, 0.6) is 5.75 Å². The zero-order valence-corrected chi connectivity index (χ0v) is 18.1. The summed E-state index contributed by atoms with van der Waals surface area (Å²) in [5.74, 6) is 0.676. The second-order valence-corrected chi connectivity index (χ2v) is 8.60. The fourth-order valence-corrected chi connectivity index (χ4v) is 4.94. The van der Waals surface area contributed by atoms with E-state index in [0.717, 1.165) is 29.9 Å². The SMILES string of the molecule is COc1ccc(NC(=S)N2CCC(N(C)C3CCCCCC3)CC2)cc1Cl. The molecule has 3 rings (SSSR count). The Kier molecular flexibility index (Phi) is 7.62. The zero-order valence-electron chi connectivity index (χ0n) is 16.5. The number of likely N-dealkylation sites (tertiary alicyclic amines) is 1. The molecule has 27 heavy (non-hydrogen) atoms. The van der Waals surface area contributed by atoms with Gasteiger partial charge < -0.3 is 19.9 Å². The van der Waals surface area contributed by atoms with Gasteiger partial charge in [-0.15, -0.1) is 0 Å². The molecular formula is C21H32ClN3OS. The predicted molar refractivity (Wildman–Crippen MR) is 118 cm³/mol. The predicted octanol–water partition coefficient (Wildman–Crippen LogP) is 5.16. The van der Waals surface area contributed by atoms with Crippen LogP contribution in [0.1, 0.15) is 51.4 Å². The van der Waals surface area contributed by atoms with Gasteiger partial charge in [0.05, 0.1) is 12.1 Å². The molecule has 0 unspecified atom stereocenters. The summed E-state index contributed by atoms with van der Waals surface area (Å²) in [5.41, 5.74) is 0.906. The number of ether oxygens (including phenoxy) is 1. The molecule has 1 aliphatic heterocycles. The first-order valence-electron chi connectivity index (χ1n) is 10.2. The molecule has 150 valence electrons. The molecule has 1 saturated carbocycles. The minimum atomic E-state index is 0.592. The van der Waals surface area contributed by atoms with Crippen molar-refractivity contribution in [3.8, 4) is 5.75 Å². The van der Waals surface area contributed by atoms with Gasteiger partial charge in [-0.1, -0.05) is 37.3 Å². The Morgan fingerprint density at radius 3 is 2.33 bits per heavy atom. The average molecular weight is 410 g/mol. The van der Waals surface area contributed by atoms with Crippen molar-refractivity contribution in [1.29, 1.82) is 0 Å².